The minimum absolute atomic E-state index is 0.106. The number of hydrogen-bond donors (Lipinski definition) is 1. The van der Waals surface area contributed by atoms with Gasteiger partial charge in [0.05, 0.1) is 24.4 Å². The molecular weight excluding hydrogens is 300 g/mol. The smallest absolute Gasteiger partial charge is 0.238 e. The number of amides is 1. The first-order valence-corrected chi connectivity index (χ1v) is 7.32. The predicted molar refractivity (Wildman–Crippen MR) is 89.4 cm³/mol. The summed E-state index contributed by atoms with van der Waals surface area (Å²) in [4.78, 5) is 14.0. The Balaban J connectivity index is 1.93. The van der Waals surface area contributed by atoms with Crippen LogP contribution in [-0.2, 0) is 11.3 Å². The molecule has 0 heterocycles. The summed E-state index contributed by atoms with van der Waals surface area (Å²) in [5, 5.41) is 3.34. The predicted octanol–water partition coefficient (Wildman–Crippen LogP) is 3.42. The van der Waals surface area contributed by atoms with Gasteiger partial charge in [0.2, 0.25) is 5.91 Å². The molecule has 0 bridgehead atoms. The van der Waals surface area contributed by atoms with Crippen LogP contribution in [0.15, 0.2) is 48.5 Å². The first kappa shape index (κ1) is 16.3. The molecule has 0 atom stereocenters. The molecule has 1 amide bonds. The normalized spacial score (nSPS) is 10.5. The van der Waals surface area contributed by atoms with E-state index in [0.717, 1.165) is 11.3 Å². The summed E-state index contributed by atoms with van der Waals surface area (Å²) in [5.74, 6) is 0.714. The van der Waals surface area contributed by atoms with Gasteiger partial charge in [-0.05, 0) is 25.2 Å². The Bertz CT molecular complexity index is 646. The van der Waals surface area contributed by atoms with Crippen molar-refractivity contribution >= 4 is 23.2 Å². The van der Waals surface area contributed by atoms with Crippen LogP contribution in [0.1, 0.15) is 5.56 Å². The molecule has 1 N–H and O–H groups in total. The zero-order chi connectivity index (χ0) is 15.9. The maximum atomic E-state index is 12.1. The van der Waals surface area contributed by atoms with Gasteiger partial charge in [0.15, 0.2) is 0 Å². The average molecular weight is 319 g/mol. The van der Waals surface area contributed by atoms with E-state index < -0.39 is 0 Å². The molecule has 116 valence electrons. The molecule has 0 saturated heterocycles. The lowest BCUT2D eigenvalue weighted by atomic mass is 10.2. The van der Waals surface area contributed by atoms with Gasteiger partial charge in [-0.25, -0.2) is 0 Å². The van der Waals surface area contributed by atoms with Crippen molar-refractivity contribution < 1.29 is 9.53 Å². The molecule has 0 radical (unpaired) electrons. The molecule has 0 saturated carbocycles. The van der Waals surface area contributed by atoms with Gasteiger partial charge >= 0.3 is 0 Å². The molecule has 0 unspecified atom stereocenters. The van der Waals surface area contributed by atoms with Crippen LogP contribution in [0, 0.1) is 0 Å². The third-order valence-electron chi connectivity index (χ3n) is 3.19. The number of nitrogens with zero attached hydrogens (tertiary/aromatic N) is 1. The fourth-order valence-corrected chi connectivity index (χ4v) is 2.36. The van der Waals surface area contributed by atoms with E-state index >= 15 is 0 Å². The largest absolute Gasteiger partial charge is 0.496 e. The summed E-state index contributed by atoms with van der Waals surface area (Å²) >= 11 is 6.03. The second-order valence-corrected chi connectivity index (χ2v) is 5.42. The van der Waals surface area contributed by atoms with E-state index in [0.29, 0.717) is 17.3 Å². The number of para-hydroxylation sites is 2. The molecule has 2 aromatic carbocycles. The van der Waals surface area contributed by atoms with Gasteiger partial charge in [-0.15, -0.1) is 0 Å². The van der Waals surface area contributed by atoms with Crippen molar-refractivity contribution in [3.8, 4) is 5.75 Å². The molecule has 2 aromatic rings. The van der Waals surface area contributed by atoms with Crippen molar-refractivity contribution in [1.82, 2.24) is 4.90 Å². The van der Waals surface area contributed by atoms with Crippen molar-refractivity contribution in [3.05, 3.63) is 59.1 Å². The first-order valence-electron chi connectivity index (χ1n) is 6.95. The van der Waals surface area contributed by atoms with Crippen molar-refractivity contribution in [2.45, 2.75) is 6.54 Å². The zero-order valence-corrected chi connectivity index (χ0v) is 13.4. The maximum Gasteiger partial charge on any atom is 0.238 e. The number of anilines is 1. The average Bonchev–Trinajstić information content (AvgIpc) is 2.50. The number of hydrogen-bond acceptors (Lipinski definition) is 3. The number of ether oxygens (including phenoxy) is 1. The number of benzene rings is 2. The molecule has 2 rings (SSSR count). The van der Waals surface area contributed by atoms with E-state index in [9.17, 15) is 4.79 Å². The summed E-state index contributed by atoms with van der Waals surface area (Å²) in [5.41, 5.74) is 1.66. The van der Waals surface area contributed by atoms with Crippen LogP contribution in [0.4, 0.5) is 5.69 Å². The Hall–Kier alpha value is -2.04. The Kier molecular flexibility index (Phi) is 5.81. The molecule has 22 heavy (non-hydrogen) atoms. The number of carbonyl (C=O) groups excluding carboxylic acids is 1. The number of rotatable bonds is 6. The minimum Gasteiger partial charge on any atom is -0.496 e. The van der Waals surface area contributed by atoms with Gasteiger partial charge in [0.1, 0.15) is 5.75 Å². The van der Waals surface area contributed by atoms with Crippen LogP contribution in [0.5, 0.6) is 5.75 Å². The summed E-state index contributed by atoms with van der Waals surface area (Å²) in [6.07, 6.45) is 0. The summed E-state index contributed by atoms with van der Waals surface area (Å²) in [7, 11) is 3.53. The van der Waals surface area contributed by atoms with Gasteiger partial charge in [0, 0.05) is 12.1 Å². The summed E-state index contributed by atoms with van der Waals surface area (Å²) in [6.45, 7) is 0.892. The van der Waals surface area contributed by atoms with Gasteiger partial charge in [0.25, 0.3) is 0 Å². The Morgan fingerprint density at radius 3 is 2.59 bits per heavy atom. The topological polar surface area (TPSA) is 41.6 Å². The lowest BCUT2D eigenvalue weighted by Crippen LogP contribution is -2.30. The lowest BCUT2D eigenvalue weighted by molar-refractivity contribution is -0.117. The molecular formula is C17H19ClN2O2. The fraction of sp³-hybridized carbons (Fsp3) is 0.235. The summed E-state index contributed by atoms with van der Waals surface area (Å²) in [6, 6.07) is 15.0. The Morgan fingerprint density at radius 1 is 1.18 bits per heavy atom. The van der Waals surface area contributed by atoms with Crippen LogP contribution in [0.2, 0.25) is 5.02 Å². The molecule has 5 heteroatoms. The highest BCUT2D eigenvalue weighted by Crippen LogP contribution is 2.21. The van der Waals surface area contributed by atoms with E-state index in [4.69, 9.17) is 16.3 Å². The molecule has 0 aliphatic rings. The van der Waals surface area contributed by atoms with Gasteiger partial charge < -0.3 is 10.1 Å². The molecule has 0 aliphatic carbocycles. The minimum atomic E-state index is -0.106. The van der Waals surface area contributed by atoms with E-state index in [-0.39, 0.29) is 12.5 Å². The monoisotopic (exact) mass is 318 g/mol. The van der Waals surface area contributed by atoms with Crippen molar-refractivity contribution in [1.29, 1.82) is 0 Å². The number of methoxy groups -OCH3 is 1. The first-order chi connectivity index (χ1) is 10.6. The number of halogens is 1. The third kappa shape index (κ3) is 4.48. The number of likely N-dealkylation sites (N-methyl/N-ethyl adjacent to an activating group) is 1. The Morgan fingerprint density at radius 2 is 1.86 bits per heavy atom. The van der Waals surface area contributed by atoms with E-state index in [1.165, 1.54) is 0 Å². The third-order valence-corrected chi connectivity index (χ3v) is 3.52. The van der Waals surface area contributed by atoms with Gasteiger partial charge in [-0.3, -0.25) is 9.69 Å². The van der Waals surface area contributed by atoms with Gasteiger partial charge in [-0.1, -0.05) is 41.9 Å². The number of nitrogens with one attached hydrogen (secondary N) is 1. The Labute approximate surface area is 135 Å². The van der Waals surface area contributed by atoms with Crippen LogP contribution < -0.4 is 10.1 Å². The van der Waals surface area contributed by atoms with E-state index in [2.05, 4.69) is 5.32 Å². The van der Waals surface area contributed by atoms with Crippen molar-refractivity contribution in [3.63, 3.8) is 0 Å². The standard InChI is InChI=1S/C17H19ClN2O2/c1-20(11-13-7-3-6-10-16(13)22-2)12-17(21)19-15-9-5-4-8-14(15)18/h3-10H,11-12H2,1-2H3,(H,19,21). The molecule has 0 spiro atoms. The second-order valence-electron chi connectivity index (χ2n) is 5.01. The second kappa shape index (κ2) is 7.82. The highest BCUT2D eigenvalue weighted by atomic mass is 35.5. The van der Waals surface area contributed by atoms with Crippen molar-refractivity contribution in [2.75, 3.05) is 26.0 Å². The van der Waals surface area contributed by atoms with Crippen LogP contribution in [-0.4, -0.2) is 31.5 Å². The van der Waals surface area contributed by atoms with Crippen LogP contribution in [0.25, 0.3) is 0 Å². The zero-order valence-electron chi connectivity index (χ0n) is 12.7. The van der Waals surface area contributed by atoms with Crippen LogP contribution >= 0.6 is 11.6 Å². The maximum absolute atomic E-state index is 12.1. The molecule has 0 aromatic heterocycles. The lowest BCUT2D eigenvalue weighted by Gasteiger charge is -2.18. The quantitative estimate of drug-likeness (QED) is 0.887. The van der Waals surface area contributed by atoms with Crippen LogP contribution in [0.3, 0.4) is 0 Å². The SMILES string of the molecule is COc1ccccc1CN(C)CC(=O)Nc1ccccc1Cl. The highest BCUT2D eigenvalue weighted by molar-refractivity contribution is 6.33. The molecule has 4 nitrogen and oxygen atoms in total. The van der Waals surface area contributed by atoms with E-state index in [1.54, 1.807) is 19.2 Å². The van der Waals surface area contributed by atoms with Crippen molar-refractivity contribution in [2.24, 2.45) is 0 Å². The van der Waals surface area contributed by atoms with E-state index in [1.807, 2.05) is 48.3 Å². The molecule has 0 aliphatic heterocycles. The fourth-order valence-electron chi connectivity index (χ4n) is 2.18. The summed E-state index contributed by atoms with van der Waals surface area (Å²) < 4.78 is 5.32. The molecule has 0 fully saturated rings. The number of carbonyl (C=O) groups is 1. The van der Waals surface area contributed by atoms with Gasteiger partial charge in [-0.2, -0.15) is 0 Å². The highest BCUT2D eigenvalue weighted by Gasteiger charge is 2.11.